The van der Waals surface area contributed by atoms with Crippen molar-refractivity contribution >= 4 is 5.91 Å². The maximum atomic E-state index is 11.7. The van der Waals surface area contributed by atoms with E-state index >= 15 is 0 Å². The predicted molar refractivity (Wildman–Crippen MR) is 69.2 cm³/mol. The summed E-state index contributed by atoms with van der Waals surface area (Å²) in [6, 6.07) is 0. The summed E-state index contributed by atoms with van der Waals surface area (Å²) in [7, 11) is 1.88. The van der Waals surface area contributed by atoms with E-state index < -0.39 is 0 Å². The summed E-state index contributed by atoms with van der Waals surface area (Å²) in [5, 5.41) is 0. The van der Waals surface area contributed by atoms with Crippen molar-refractivity contribution in [3.8, 4) is 0 Å². The molecule has 0 spiro atoms. The second-order valence-electron chi connectivity index (χ2n) is 4.78. The van der Waals surface area contributed by atoms with Gasteiger partial charge in [-0.05, 0) is 18.9 Å². The van der Waals surface area contributed by atoms with E-state index in [2.05, 4.69) is 13.8 Å². The average Bonchev–Trinajstić information content (AvgIpc) is 2.28. The van der Waals surface area contributed by atoms with Crippen molar-refractivity contribution in [3.05, 3.63) is 0 Å². The minimum absolute atomic E-state index is 0.261. The molecule has 1 atom stereocenters. The molecule has 96 valence electrons. The number of carbonyl (C=O) groups excluding carboxylic acids is 1. The van der Waals surface area contributed by atoms with Crippen LogP contribution in [0.2, 0.25) is 0 Å². The first-order chi connectivity index (χ1) is 7.61. The molecule has 0 bridgehead atoms. The lowest BCUT2D eigenvalue weighted by Crippen LogP contribution is -2.33. The van der Waals surface area contributed by atoms with E-state index in [1.807, 2.05) is 11.9 Å². The first-order valence-electron chi connectivity index (χ1n) is 6.55. The molecule has 0 aliphatic rings. The third kappa shape index (κ3) is 7.69. The summed E-state index contributed by atoms with van der Waals surface area (Å²) >= 11 is 0. The molecule has 0 aromatic heterocycles. The molecule has 1 unspecified atom stereocenters. The fourth-order valence-corrected chi connectivity index (χ4v) is 1.71. The van der Waals surface area contributed by atoms with Gasteiger partial charge < -0.3 is 10.6 Å². The molecular weight excluding hydrogens is 200 g/mol. The quantitative estimate of drug-likeness (QED) is 0.616. The summed E-state index contributed by atoms with van der Waals surface area (Å²) in [4.78, 5) is 13.5. The van der Waals surface area contributed by atoms with Gasteiger partial charge in [-0.15, -0.1) is 0 Å². The molecule has 16 heavy (non-hydrogen) atoms. The maximum Gasteiger partial charge on any atom is 0.222 e. The van der Waals surface area contributed by atoms with Crippen molar-refractivity contribution in [1.82, 2.24) is 4.90 Å². The molecule has 0 saturated carbocycles. The Morgan fingerprint density at radius 3 is 2.44 bits per heavy atom. The number of nitrogens with two attached hydrogens (primary N) is 1. The highest BCUT2D eigenvalue weighted by molar-refractivity contribution is 5.75. The van der Waals surface area contributed by atoms with Crippen molar-refractivity contribution in [2.75, 3.05) is 20.1 Å². The first kappa shape index (κ1) is 15.4. The Bertz CT molecular complexity index is 183. The number of unbranched alkanes of at least 4 members (excludes halogenated alkanes) is 4. The molecule has 0 radical (unpaired) electrons. The van der Waals surface area contributed by atoms with Crippen LogP contribution in [-0.4, -0.2) is 30.9 Å². The SMILES string of the molecule is CCCCCCCC(=O)N(C)CC(C)CN. The summed E-state index contributed by atoms with van der Waals surface area (Å²) in [5.74, 6) is 0.658. The summed E-state index contributed by atoms with van der Waals surface area (Å²) in [6.07, 6.45) is 6.69. The zero-order valence-electron chi connectivity index (χ0n) is 11.2. The molecule has 0 heterocycles. The van der Waals surface area contributed by atoms with E-state index in [-0.39, 0.29) is 5.91 Å². The fourth-order valence-electron chi connectivity index (χ4n) is 1.71. The van der Waals surface area contributed by atoms with Gasteiger partial charge in [0.15, 0.2) is 0 Å². The number of rotatable bonds is 9. The zero-order chi connectivity index (χ0) is 12.4. The minimum atomic E-state index is 0.261. The summed E-state index contributed by atoms with van der Waals surface area (Å²) in [5.41, 5.74) is 5.54. The third-order valence-corrected chi connectivity index (χ3v) is 2.91. The van der Waals surface area contributed by atoms with Crippen LogP contribution in [0.5, 0.6) is 0 Å². The Morgan fingerprint density at radius 1 is 1.25 bits per heavy atom. The largest absolute Gasteiger partial charge is 0.345 e. The molecule has 0 aromatic carbocycles. The van der Waals surface area contributed by atoms with Gasteiger partial charge in [-0.25, -0.2) is 0 Å². The van der Waals surface area contributed by atoms with Crippen LogP contribution in [0.4, 0.5) is 0 Å². The third-order valence-electron chi connectivity index (χ3n) is 2.91. The Balaban J connectivity index is 3.55. The number of carbonyl (C=O) groups is 1. The van der Waals surface area contributed by atoms with Crippen LogP contribution >= 0.6 is 0 Å². The van der Waals surface area contributed by atoms with E-state index in [1.165, 1.54) is 25.7 Å². The molecule has 1 amide bonds. The van der Waals surface area contributed by atoms with Crippen molar-refractivity contribution < 1.29 is 4.79 Å². The second kappa shape index (κ2) is 9.64. The molecular formula is C13H28N2O. The molecule has 0 rings (SSSR count). The fraction of sp³-hybridized carbons (Fsp3) is 0.923. The number of amides is 1. The standard InChI is InChI=1S/C13H28N2O/c1-4-5-6-7-8-9-13(16)15(3)11-12(2)10-14/h12H,4-11,14H2,1-3H3. The molecule has 0 aliphatic heterocycles. The average molecular weight is 228 g/mol. The van der Waals surface area contributed by atoms with Gasteiger partial charge >= 0.3 is 0 Å². The van der Waals surface area contributed by atoms with Gasteiger partial charge in [0.05, 0.1) is 0 Å². The van der Waals surface area contributed by atoms with Gasteiger partial charge in [-0.3, -0.25) is 4.79 Å². The minimum Gasteiger partial charge on any atom is -0.345 e. The van der Waals surface area contributed by atoms with E-state index in [0.29, 0.717) is 18.9 Å². The number of hydrogen-bond donors (Lipinski definition) is 1. The molecule has 2 N–H and O–H groups in total. The Labute approximate surface area is 100 Å². The van der Waals surface area contributed by atoms with Crippen LogP contribution in [-0.2, 0) is 4.79 Å². The predicted octanol–water partition coefficient (Wildman–Crippen LogP) is 2.40. The normalized spacial score (nSPS) is 12.5. The van der Waals surface area contributed by atoms with Crippen molar-refractivity contribution in [1.29, 1.82) is 0 Å². The molecule has 0 saturated heterocycles. The highest BCUT2D eigenvalue weighted by Gasteiger charge is 2.10. The second-order valence-corrected chi connectivity index (χ2v) is 4.78. The highest BCUT2D eigenvalue weighted by Crippen LogP contribution is 2.07. The van der Waals surface area contributed by atoms with Crippen molar-refractivity contribution in [2.24, 2.45) is 11.7 Å². The number of nitrogens with zero attached hydrogens (tertiary/aromatic N) is 1. The van der Waals surface area contributed by atoms with Gasteiger partial charge in [0.1, 0.15) is 0 Å². The van der Waals surface area contributed by atoms with Crippen LogP contribution in [0.3, 0.4) is 0 Å². The van der Waals surface area contributed by atoms with Crippen molar-refractivity contribution in [2.45, 2.75) is 52.4 Å². The van der Waals surface area contributed by atoms with Gasteiger partial charge in [-0.2, -0.15) is 0 Å². The molecule has 0 fully saturated rings. The lowest BCUT2D eigenvalue weighted by Gasteiger charge is -2.20. The molecule has 0 aromatic rings. The first-order valence-corrected chi connectivity index (χ1v) is 6.55. The van der Waals surface area contributed by atoms with Crippen LogP contribution < -0.4 is 5.73 Å². The molecule has 3 nitrogen and oxygen atoms in total. The van der Waals surface area contributed by atoms with E-state index in [1.54, 1.807) is 0 Å². The number of hydrogen-bond acceptors (Lipinski definition) is 2. The Morgan fingerprint density at radius 2 is 1.88 bits per heavy atom. The van der Waals surface area contributed by atoms with Crippen LogP contribution in [0.15, 0.2) is 0 Å². The molecule has 0 aliphatic carbocycles. The van der Waals surface area contributed by atoms with Crippen LogP contribution in [0.25, 0.3) is 0 Å². The van der Waals surface area contributed by atoms with E-state index in [0.717, 1.165) is 13.0 Å². The van der Waals surface area contributed by atoms with Gasteiger partial charge in [0, 0.05) is 20.0 Å². The Hall–Kier alpha value is -0.570. The van der Waals surface area contributed by atoms with Crippen LogP contribution in [0, 0.1) is 5.92 Å². The molecule has 3 heteroatoms. The van der Waals surface area contributed by atoms with Crippen LogP contribution in [0.1, 0.15) is 52.4 Å². The zero-order valence-corrected chi connectivity index (χ0v) is 11.2. The Kier molecular flexibility index (Phi) is 9.30. The summed E-state index contributed by atoms with van der Waals surface area (Å²) in [6.45, 7) is 5.70. The van der Waals surface area contributed by atoms with Gasteiger partial charge in [0.25, 0.3) is 0 Å². The topological polar surface area (TPSA) is 46.3 Å². The van der Waals surface area contributed by atoms with Gasteiger partial charge in [0.2, 0.25) is 5.91 Å². The summed E-state index contributed by atoms with van der Waals surface area (Å²) < 4.78 is 0. The smallest absolute Gasteiger partial charge is 0.222 e. The van der Waals surface area contributed by atoms with Gasteiger partial charge in [-0.1, -0.05) is 39.5 Å². The maximum absolute atomic E-state index is 11.7. The highest BCUT2D eigenvalue weighted by atomic mass is 16.2. The van der Waals surface area contributed by atoms with E-state index in [4.69, 9.17) is 5.73 Å². The lowest BCUT2D eigenvalue weighted by molar-refractivity contribution is -0.130. The monoisotopic (exact) mass is 228 g/mol. The van der Waals surface area contributed by atoms with E-state index in [9.17, 15) is 4.79 Å². The van der Waals surface area contributed by atoms with Crippen molar-refractivity contribution in [3.63, 3.8) is 0 Å². The lowest BCUT2D eigenvalue weighted by atomic mass is 10.1.